The number of para-hydroxylation sites is 1. The molecule has 3 rings (SSSR count). The van der Waals surface area contributed by atoms with Crippen molar-refractivity contribution in [2.45, 2.75) is 51.0 Å². The molecule has 1 N–H and O–H groups in total. The average Bonchev–Trinajstić information content (AvgIpc) is 2.49. The Balaban J connectivity index is 1.50. The second-order valence-corrected chi connectivity index (χ2v) is 5.97. The zero-order chi connectivity index (χ0) is 12.9. The van der Waals surface area contributed by atoms with Gasteiger partial charge in [-0.2, -0.15) is 0 Å². The third-order valence-electron chi connectivity index (χ3n) is 4.63. The van der Waals surface area contributed by atoms with E-state index in [1.54, 1.807) is 0 Å². The van der Waals surface area contributed by atoms with E-state index in [9.17, 15) is 0 Å². The van der Waals surface area contributed by atoms with Gasteiger partial charge in [-0.1, -0.05) is 50.3 Å². The third-order valence-corrected chi connectivity index (χ3v) is 4.63. The van der Waals surface area contributed by atoms with Crippen LogP contribution in [0, 0.1) is 5.92 Å². The highest BCUT2D eigenvalue weighted by atomic mass is 16.5. The first-order valence-corrected chi connectivity index (χ1v) is 7.88. The minimum atomic E-state index is 0.494. The van der Waals surface area contributed by atoms with Crippen LogP contribution in [0.1, 0.15) is 56.6 Å². The van der Waals surface area contributed by atoms with Gasteiger partial charge in [0.2, 0.25) is 0 Å². The predicted molar refractivity (Wildman–Crippen MR) is 78.5 cm³/mol. The van der Waals surface area contributed by atoms with E-state index in [1.165, 1.54) is 44.1 Å². The third kappa shape index (κ3) is 3.30. The molecule has 1 unspecified atom stereocenters. The lowest BCUT2D eigenvalue weighted by atomic mass is 9.87. The SMILES string of the molecule is c1ccc2c(c1)OCCC2NCCC1CCCCC1. The van der Waals surface area contributed by atoms with Crippen molar-refractivity contribution >= 4 is 0 Å². The summed E-state index contributed by atoms with van der Waals surface area (Å²) in [7, 11) is 0. The summed E-state index contributed by atoms with van der Waals surface area (Å²) >= 11 is 0. The van der Waals surface area contributed by atoms with Crippen molar-refractivity contribution in [1.82, 2.24) is 5.32 Å². The van der Waals surface area contributed by atoms with Crippen LogP contribution in [0.4, 0.5) is 0 Å². The van der Waals surface area contributed by atoms with Crippen molar-refractivity contribution < 1.29 is 4.74 Å². The first-order valence-electron chi connectivity index (χ1n) is 7.88. The lowest BCUT2D eigenvalue weighted by Gasteiger charge is -2.28. The van der Waals surface area contributed by atoms with Crippen molar-refractivity contribution in [2.24, 2.45) is 5.92 Å². The topological polar surface area (TPSA) is 21.3 Å². The molecule has 104 valence electrons. The standard InChI is InChI=1S/C17H25NO/c1-2-6-14(7-3-1)10-12-18-16-11-13-19-17-9-5-4-8-15(16)17/h4-5,8-9,14,16,18H,1-3,6-7,10-13H2. The van der Waals surface area contributed by atoms with Gasteiger partial charge < -0.3 is 10.1 Å². The smallest absolute Gasteiger partial charge is 0.124 e. The van der Waals surface area contributed by atoms with Crippen molar-refractivity contribution in [1.29, 1.82) is 0 Å². The second-order valence-electron chi connectivity index (χ2n) is 5.97. The van der Waals surface area contributed by atoms with Gasteiger partial charge in [-0.25, -0.2) is 0 Å². The summed E-state index contributed by atoms with van der Waals surface area (Å²) in [6.45, 7) is 2.00. The Labute approximate surface area is 116 Å². The van der Waals surface area contributed by atoms with E-state index in [-0.39, 0.29) is 0 Å². The van der Waals surface area contributed by atoms with E-state index in [1.807, 2.05) is 0 Å². The molecule has 0 saturated heterocycles. The fourth-order valence-corrected chi connectivity index (χ4v) is 3.49. The Morgan fingerprint density at radius 1 is 1.05 bits per heavy atom. The zero-order valence-electron chi connectivity index (χ0n) is 11.7. The molecule has 0 spiro atoms. The van der Waals surface area contributed by atoms with Crippen LogP contribution in [0.25, 0.3) is 0 Å². The van der Waals surface area contributed by atoms with Gasteiger partial charge in [0.15, 0.2) is 0 Å². The molecule has 1 aromatic carbocycles. The van der Waals surface area contributed by atoms with Crippen LogP contribution in [-0.2, 0) is 0 Å². The van der Waals surface area contributed by atoms with Gasteiger partial charge in [0, 0.05) is 18.0 Å². The molecule has 2 aliphatic rings. The quantitative estimate of drug-likeness (QED) is 0.880. The molecule has 0 bridgehead atoms. The van der Waals surface area contributed by atoms with Crippen molar-refractivity contribution in [2.75, 3.05) is 13.2 Å². The number of benzene rings is 1. The summed E-state index contributed by atoms with van der Waals surface area (Å²) in [6, 6.07) is 8.96. The molecular formula is C17H25NO. The molecule has 1 aromatic rings. The monoisotopic (exact) mass is 259 g/mol. The molecule has 0 amide bonds. The molecule has 1 saturated carbocycles. The highest BCUT2D eigenvalue weighted by molar-refractivity contribution is 5.37. The van der Waals surface area contributed by atoms with Crippen LogP contribution < -0.4 is 10.1 Å². The van der Waals surface area contributed by atoms with Gasteiger partial charge in [0.05, 0.1) is 6.61 Å². The van der Waals surface area contributed by atoms with E-state index in [4.69, 9.17) is 4.74 Å². The highest BCUT2D eigenvalue weighted by Crippen LogP contribution is 2.32. The Kier molecular flexibility index (Phi) is 4.39. The molecule has 1 heterocycles. The number of ether oxygens (including phenoxy) is 1. The average molecular weight is 259 g/mol. The van der Waals surface area contributed by atoms with Gasteiger partial charge >= 0.3 is 0 Å². The Morgan fingerprint density at radius 3 is 2.79 bits per heavy atom. The summed E-state index contributed by atoms with van der Waals surface area (Å²) in [5, 5.41) is 3.75. The Morgan fingerprint density at radius 2 is 1.89 bits per heavy atom. The van der Waals surface area contributed by atoms with E-state index < -0.39 is 0 Å². The largest absolute Gasteiger partial charge is 0.493 e. The van der Waals surface area contributed by atoms with Crippen LogP contribution in [0.3, 0.4) is 0 Å². The molecule has 2 nitrogen and oxygen atoms in total. The molecule has 0 aromatic heterocycles. The molecule has 1 atom stereocenters. The molecular weight excluding hydrogens is 234 g/mol. The van der Waals surface area contributed by atoms with Crippen LogP contribution in [0.5, 0.6) is 5.75 Å². The first kappa shape index (κ1) is 13.0. The fraction of sp³-hybridized carbons (Fsp3) is 0.647. The van der Waals surface area contributed by atoms with E-state index in [0.717, 1.165) is 31.2 Å². The Bertz CT molecular complexity index is 398. The highest BCUT2D eigenvalue weighted by Gasteiger charge is 2.21. The number of hydrogen-bond donors (Lipinski definition) is 1. The molecule has 19 heavy (non-hydrogen) atoms. The summed E-state index contributed by atoms with van der Waals surface area (Å²) in [4.78, 5) is 0. The molecule has 1 fully saturated rings. The molecule has 1 aliphatic heterocycles. The van der Waals surface area contributed by atoms with Gasteiger partial charge in [-0.3, -0.25) is 0 Å². The maximum Gasteiger partial charge on any atom is 0.124 e. The first-order chi connectivity index (χ1) is 9.43. The lowest BCUT2D eigenvalue weighted by Crippen LogP contribution is -2.29. The van der Waals surface area contributed by atoms with Crippen molar-refractivity contribution in [3.63, 3.8) is 0 Å². The molecule has 2 heteroatoms. The van der Waals surface area contributed by atoms with Crippen LogP contribution >= 0.6 is 0 Å². The summed E-state index contributed by atoms with van der Waals surface area (Å²) in [5.41, 5.74) is 1.34. The van der Waals surface area contributed by atoms with E-state index >= 15 is 0 Å². The zero-order valence-corrected chi connectivity index (χ0v) is 11.7. The number of rotatable bonds is 4. The normalized spacial score (nSPS) is 23.7. The Hall–Kier alpha value is -1.02. The molecule has 0 radical (unpaired) electrons. The number of fused-ring (bicyclic) bond motifs is 1. The van der Waals surface area contributed by atoms with E-state index in [0.29, 0.717) is 6.04 Å². The van der Waals surface area contributed by atoms with Gasteiger partial charge in [-0.15, -0.1) is 0 Å². The van der Waals surface area contributed by atoms with E-state index in [2.05, 4.69) is 29.6 Å². The molecule has 1 aliphatic carbocycles. The van der Waals surface area contributed by atoms with Crippen LogP contribution in [0.2, 0.25) is 0 Å². The van der Waals surface area contributed by atoms with Crippen molar-refractivity contribution in [3.05, 3.63) is 29.8 Å². The second kappa shape index (κ2) is 6.42. The minimum Gasteiger partial charge on any atom is -0.493 e. The fourth-order valence-electron chi connectivity index (χ4n) is 3.49. The summed E-state index contributed by atoms with van der Waals surface area (Å²) in [6.07, 6.45) is 9.70. The van der Waals surface area contributed by atoms with Crippen LogP contribution in [0.15, 0.2) is 24.3 Å². The van der Waals surface area contributed by atoms with Gasteiger partial charge in [0.1, 0.15) is 5.75 Å². The maximum absolute atomic E-state index is 5.71. The number of hydrogen-bond acceptors (Lipinski definition) is 2. The van der Waals surface area contributed by atoms with Gasteiger partial charge in [0.25, 0.3) is 0 Å². The minimum absolute atomic E-state index is 0.494. The summed E-state index contributed by atoms with van der Waals surface area (Å²) in [5.74, 6) is 2.04. The predicted octanol–water partition coefficient (Wildman–Crippen LogP) is 4.07. The lowest BCUT2D eigenvalue weighted by molar-refractivity contribution is 0.248. The number of nitrogens with one attached hydrogen (secondary N) is 1. The van der Waals surface area contributed by atoms with Crippen LogP contribution in [-0.4, -0.2) is 13.2 Å². The van der Waals surface area contributed by atoms with Crippen molar-refractivity contribution in [3.8, 4) is 5.75 Å². The van der Waals surface area contributed by atoms with Gasteiger partial charge in [-0.05, 0) is 24.9 Å². The maximum atomic E-state index is 5.71. The summed E-state index contributed by atoms with van der Waals surface area (Å²) < 4.78 is 5.71.